The van der Waals surface area contributed by atoms with E-state index >= 15 is 0 Å². The van der Waals surface area contributed by atoms with E-state index in [-0.39, 0.29) is 28.6 Å². The lowest BCUT2D eigenvalue weighted by molar-refractivity contribution is -0.139. The molecular formula is C32H28Cl2F3N3O4S. The number of hydrogen-bond acceptors (Lipinski definition) is 4. The first-order chi connectivity index (χ1) is 21.3. The van der Waals surface area contributed by atoms with E-state index in [9.17, 15) is 31.2 Å². The number of nitrogens with zero attached hydrogens (tertiary/aromatic N) is 2. The van der Waals surface area contributed by atoms with Gasteiger partial charge in [-0.1, -0.05) is 83.9 Å². The van der Waals surface area contributed by atoms with E-state index in [2.05, 4.69) is 5.32 Å². The molecule has 1 atom stereocenters. The highest BCUT2D eigenvalue weighted by Gasteiger charge is 2.36. The maximum atomic E-state index is 14.3. The third-order valence-electron chi connectivity index (χ3n) is 6.94. The molecule has 2 amide bonds. The maximum absolute atomic E-state index is 14.3. The standard InChI is InChI=1S/C32H28Cl2F3N3O4S/c1-38-31(42)29(17-22-9-4-2-5-10-22)39(20-23-15-16-25(33)19-28(23)34)30(41)21-40(45(43,44)27-13-6-3-7-14-27)26-12-8-11-24(18-26)32(35,36)37/h2-16,18-19,29H,17,20-21H2,1H3,(H,38,42). The fourth-order valence-corrected chi connectivity index (χ4v) is 6.54. The Morgan fingerprint density at radius 3 is 2.11 bits per heavy atom. The van der Waals surface area contributed by atoms with Crippen molar-refractivity contribution in [1.82, 2.24) is 10.2 Å². The van der Waals surface area contributed by atoms with Crippen LogP contribution in [0.1, 0.15) is 16.7 Å². The van der Waals surface area contributed by atoms with Gasteiger partial charge in [-0.05, 0) is 53.6 Å². The number of anilines is 1. The van der Waals surface area contributed by atoms with Crippen molar-refractivity contribution in [3.8, 4) is 0 Å². The first kappa shape index (κ1) is 33.8. The SMILES string of the molecule is CNC(=O)C(Cc1ccccc1)N(Cc1ccc(Cl)cc1Cl)C(=O)CN(c1cccc(C(F)(F)F)c1)S(=O)(=O)c1ccccc1. The number of hydrogen-bond donors (Lipinski definition) is 1. The van der Waals surface area contributed by atoms with Crippen molar-refractivity contribution in [2.45, 2.75) is 30.1 Å². The van der Waals surface area contributed by atoms with Gasteiger partial charge in [-0.3, -0.25) is 13.9 Å². The van der Waals surface area contributed by atoms with Crippen LogP contribution < -0.4 is 9.62 Å². The van der Waals surface area contributed by atoms with E-state index in [0.29, 0.717) is 26.5 Å². The molecule has 0 fully saturated rings. The Balaban J connectivity index is 1.84. The number of likely N-dealkylation sites (N-methyl/N-ethyl adjacent to an activating group) is 1. The molecule has 4 rings (SSSR count). The molecule has 0 heterocycles. The van der Waals surface area contributed by atoms with Crippen LogP contribution in [-0.4, -0.2) is 44.8 Å². The summed E-state index contributed by atoms with van der Waals surface area (Å²) in [5.74, 6) is -1.41. The van der Waals surface area contributed by atoms with Gasteiger partial charge in [-0.25, -0.2) is 8.42 Å². The lowest BCUT2D eigenvalue weighted by Crippen LogP contribution is -2.53. The molecule has 0 radical (unpaired) electrons. The third-order valence-corrected chi connectivity index (χ3v) is 9.32. The summed E-state index contributed by atoms with van der Waals surface area (Å²) in [5.41, 5.74) is -0.366. The lowest BCUT2D eigenvalue weighted by Gasteiger charge is -2.34. The largest absolute Gasteiger partial charge is 0.416 e. The summed E-state index contributed by atoms with van der Waals surface area (Å²) in [4.78, 5) is 28.5. The Bertz CT molecular complexity index is 1760. The number of sulfonamides is 1. The van der Waals surface area contributed by atoms with Crippen LogP contribution in [0.15, 0.2) is 108 Å². The average Bonchev–Trinajstić information content (AvgIpc) is 3.02. The Morgan fingerprint density at radius 2 is 1.51 bits per heavy atom. The summed E-state index contributed by atoms with van der Waals surface area (Å²) in [5, 5.41) is 3.08. The normalized spacial score (nSPS) is 12.3. The fraction of sp³-hybridized carbons (Fsp3) is 0.188. The quantitative estimate of drug-likeness (QED) is 0.194. The molecule has 0 aliphatic heterocycles. The summed E-state index contributed by atoms with van der Waals surface area (Å²) < 4.78 is 69.5. The molecule has 0 aliphatic rings. The van der Waals surface area contributed by atoms with E-state index < -0.39 is 46.2 Å². The zero-order valence-electron chi connectivity index (χ0n) is 23.8. The monoisotopic (exact) mass is 677 g/mol. The molecule has 0 saturated carbocycles. The summed E-state index contributed by atoms with van der Waals surface area (Å²) in [6.07, 6.45) is -4.73. The van der Waals surface area contributed by atoms with Crippen LogP contribution in [0.3, 0.4) is 0 Å². The number of alkyl halides is 3. The highest BCUT2D eigenvalue weighted by Crippen LogP contribution is 2.33. The van der Waals surface area contributed by atoms with E-state index in [4.69, 9.17) is 23.2 Å². The highest BCUT2D eigenvalue weighted by atomic mass is 35.5. The summed E-state index contributed by atoms with van der Waals surface area (Å²) in [6.45, 7) is -1.16. The van der Waals surface area contributed by atoms with E-state index in [1.807, 2.05) is 0 Å². The molecule has 1 N–H and O–H groups in total. The van der Waals surface area contributed by atoms with Gasteiger partial charge in [0.25, 0.3) is 10.0 Å². The minimum absolute atomic E-state index is 0.0481. The molecule has 1 unspecified atom stereocenters. The first-order valence-electron chi connectivity index (χ1n) is 13.5. The number of carbonyl (C=O) groups excluding carboxylic acids is 2. The lowest BCUT2D eigenvalue weighted by atomic mass is 10.0. The van der Waals surface area contributed by atoms with Gasteiger partial charge in [-0.15, -0.1) is 0 Å². The molecule has 13 heteroatoms. The molecule has 7 nitrogen and oxygen atoms in total. The van der Waals surface area contributed by atoms with E-state index in [1.54, 1.807) is 48.5 Å². The van der Waals surface area contributed by atoms with Crippen molar-refractivity contribution in [2.24, 2.45) is 0 Å². The second kappa shape index (κ2) is 14.4. The predicted octanol–water partition coefficient (Wildman–Crippen LogP) is 6.59. The van der Waals surface area contributed by atoms with E-state index in [1.165, 1.54) is 48.3 Å². The Labute approximate surface area is 269 Å². The van der Waals surface area contributed by atoms with Crippen molar-refractivity contribution in [3.05, 3.63) is 130 Å². The van der Waals surface area contributed by atoms with E-state index in [0.717, 1.165) is 12.1 Å². The molecule has 0 bridgehead atoms. The second-order valence-electron chi connectivity index (χ2n) is 9.95. The van der Waals surface area contributed by atoms with Crippen LogP contribution in [0, 0.1) is 0 Å². The molecule has 0 aromatic heterocycles. The maximum Gasteiger partial charge on any atom is 0.416 e. The van der Waals surface area contributed by atoms with Crippen LogP contribution in [0.4, 0.5) is 18.9 Å². The average molecular weight is 679 g/mol. The third kappa shape index (κ3) is 8.36. The topological polar surface area (TPSA) is 86.8 Å². The Hall–Kier alpha value is -4.06. The minimum atomic E-state index is -4.78. The summed E-state index contributed by atoms with van der Waals surface area (Å²) in [6, 6.07) is 23.0. The Morgan fingerprint density at radius 1 is 0.867 bits per heavy atom. The molecule has 0 saturated heterocycles. The summed E-state index contributed by atoms with van der Waals surface area (Å²) >= 11 is 12.5. The number of nitrogens with one attached hydrogen (secondary N) is 1. The van der Waals surface area contributed by atoms with Gasteiger partial charge in [0.2, 0.25) is 11.8 Å². The second-order valence-corrected chi connectivity index (χ2v) is 12.7. The van der Waals surface area contributed by atoms with Crippen LogP contribution >= 0.6 is 23.2 Å². The number of rotatable bonds is 11. The summed E-state index contributed by atoms with van der Waals surface area (Å²) in [7, 11) is -3.17. The molecule has 45 heavy (non-hydrogen) atoms. The number of benzene rings is 4. The van der Waals surface area contributed by atoms with Crippen LogP contribution in [0.5, 0.6) is 0 Å². The molecule has 4 aromatic carbocycles. The van der Waals surface area contributed by atoms with Gasteiger partial charge in [0, 0.05) is 30.1 Å². The predicted molar refractivity (Wildman–Crippen MR) is 167 cm³/mol. The van der Waals surface area contributed by atoms with Gasteiger partial charge in [0.15, 0.2) is 0 Å². The fourth-order valence-electron chi connectivity index (χ4n) is 4.64. The van der Waals surface area contributed by atoms with Gasteiger partial charge in [-0.2, -0.15) is 13.2 Å². The van der Waals surface area contributed by atoms with Gasteiger partial charge in [0.05, 0.1) is 16.1 Å². The minimum Gasteiger partial charge on any atom is -0.357 e. The molecule has 0 spiro atoms. The Kier molecular flexibility index (Phi) is 10.8. The molecular weight excluding hydrogens is 650 g/mol. The van der Waals surface area contributed by atoms with Gasteiger partial charge >= 0.3 is 6.18 Å². The molecule has 4 aromatic rings. The van der Waals surface area contributed by atoms with Crippen molar-refractivity contribution in [1.29, 1.82) is 0 Å². The number of amides is 2. The number of carbonyl (C=O) groups is 2. The van der Waals surface area contributed by atoms with Crippen molar-refractivity contribution in [3.63, 3.8) is 0 Å². The van der Waals surface area contributed by atoms with Crippen LogP contribution in [-0.2, 0) is 38.8 Å². The van der Waals surface area contributed by atoms with Gasteiger partial charge in [0.1, 0.15) is 12.6 Å². The zero-order valence-corrected chi connectivity index (χ0v) is 26.2. The van der Waals surface area contributed by atoms with Crippen LogP contribution in [0.25, 0.3) is 0 Å². The zero-order chi connectivity index (χ0) is 32.8. The van der Waals surface area contributed by atoms with Crippen molar-refractivity contribution < 1.29 is 31.2 Å². The smallest absolute Gasteiger partial charge is 0.357 e. The highest BCUT2D eigenvalue weighted by molar-refractivity contribution is 7.92. The van der Waals surface area contributed by atoms with Crippen molar-refractivity contribution >= 4 is 50.7 Å². The van der Waals surface area contributed by atoms with Crippen molar-refractivity contribution in [2.75, 3.05) is 17.9 Å². The molecule has 236 valence electrons. The van der Waals surface area contributed by atoms with Gasteiger partial charge < -0.3 is 10.2 Å². The first-order valence-corrected chi connectivity index (χ1v) is 15.7. The number of halogens is 5. The molecule has 0 aliphatic carbocycles. The van der Waals surface area contributed by atoms with Crippen LogP contribution in [0.2, 0.25) is 10.0 Å².